The van der Waals surface area contributed by atoms with Gasteiger partial charge in [0.15, 0.2) is 0 Å². The van der Waals surface area contributed by atoms with Crippen molar-refractivity contribution in [2.75, 3.05) is 6.54 Å². The summed E-state index contributed by atoms with van der Waals surface area (Å²) in [6.45, 7) is 7.50. The van der Waals surface area contributed by atoms with Crippen molar-refractivity contribution in [3.8, 4) is 0 Å². The maximum atomic E-state index is 13.4. The van der Waals surface area contributed by atoms with E-state index in [0.29, 0.717) is 0 Å². The maximum absolute atomic E-state index is 13.4. The maximum Gasteiger partial charge on any atom is 0.123 e. The first-order chi connectivity index (χ1) is 10.0. The van der Waals surface area contributed by atoms with Crippen LogP contribution in [0.2, 0.25) is 0 Å². The van der Waals surface area contributed by atoms with Crippen molar-refractivity contribution >= 4 is 0 Å². The van der Waals surface area contributed by atoms with Gasteiger partial charge < -0.3 is 5.32 Å². The van der Waals surface area contributed by atoms with Gasteiger partial charge in [-0.2, -0.15) is 0 Å². The van der Waals surface area contributed by atoms with Crippen molar-refractivity contribution in [1.82, 2.24) is 5.32 Å². The fourth-order valence-electron chi connectivity index (χ4n) is 2.80. The zero-order valence-electron chi connectivity index (χ0n) is 13.1. The Morgan fingerprint density at radius 1 is 1.05 bits per heavy atom. The molecule has 2 rings (SSSR count). The molecule has 2 heteroatoms. The Morgan fingerprint density at radius 2 is 1.76 bits per heavy atom. The summed E-state index contributed by atoms with van der Waals surface area (Å²) in [4.78, 5) is 0. The Morgan fingerprint density at radius 3 is 2.38 bits per heavy atom. The third-order valence-corrected chi connectivity index (χ3v) is 4.17. The highest BCUT2D eigenvalue weighted by Crippen LogP contribution is 2.29. The second-order valence-electron chi connectivity index (χ2n) is 6.03. The lowest BCUT2D eigenvalue weighted by Crippen LogP contribution is -2.46. The van der Waals surface area contributed by atoms with Crippen molar-refractivity contribution < 1.29 is 4.39 Å². The first-order valence-electron chi connectivity index (χ1n) is 7.57. The van der Waals surface area contributed by atoms with Gasteiger partial charge in [-0.15, -0.1) is 0 Å². The molecule has 0 amide bonds. The van der Waals surface area contributed by atoms with Gasteiger partial charge in [0, 0.05) is 11.5 Å². The van der Waals surface area contributed by atoms with Crippen LogP contribution in [0.15, 0.2) is 54.6 Å². The van der Waals surface area contributed by atoms with Crippen LogP contribution >= 0.6 is 0 Å². The number of hydrogen-bond donors (Lipinski definition) is 1. The normalized spacial score (nSPS) is 13.1. The Balaban J connectivity index is 2.25. The molecule has 0 saturated heterocycles. The summed E-state index contributed by atoms with van der Waals surface area (Å²) >= 11 is 0. The van der Waals surface area contributed by atoms with E-state index in [4.69, 9.17) is 0 Å². The minimum atomic E-state index is -0.166. The standard InChI is InChI=1S/C19H24FN/c1-4-21-18(14-15-9-8-12-17(20)13-15)19(2,3)16-10-6-5-7-11-16/h5-13,18,21H,4,14H2,1-3H3. The first kappa shape index (κ1) is 15.7. The highest BCUT2D eigenvalue weighted by atomic mass is 19.1. The van der Waals surface area contributed by atoms with Gasteiger partial charge >= 0.3 is 0 Å². The number of hydrogen-bond acceptors (Lipinski definition) is 1. The van der Waals surface area contributed by atoms with Gasteiger partial charge in [-0.05, 0) is 36.2 Å². The van der Waals surface area contributed by atoms with Crippen LogP contribution in [0.25, 0.3) is 0 Å². The molecule has 0 saturated carbocycles. The molecular formula is C19H24FN. The van der Waals surface area contributed by atoms with Gasteiger partial charge in [0.1, 0.15) is 5.82 Å². The van der Waals surface area contributed by atoms with Crippen molar-refractivity contribution in [3.63, 3.8) is 0 Å². The minimum absolute atomic E-state index is 0.0242. The molecule has 1 N–H and O–H groups in total. The second-order valence-corrected chi connectivity index (χ2v) is 6.03. The smallest absolute Gasteiger partial charge is 0.123 e. The van der Waals surface area contributed by atoms with E-state index in [0.717, 1.165) is 18.5 Å². The summed E-state index contributed by atoms with van der Waals surface area (Å²) in [6, 6.07) is 17.7. The van der Waals surface area contributed by atoms with Crippen molar-refractivity contribution in [2.45, 2.75) is 38.6 Å². The number of rotatable bonds is 6. The minimum Gasteiger partial charge on any atom is -0.313 e. The summed E-state index contributed by atoms with van der Waals surface area (Å²) in [5.41, 5.74) is 2.31. The third-order valence-electron chi connectivity index (χ3n) is 4.17. The molecule has 2 aromatic carbocycles. The Labute approximate surface area is 127 Å². The average molecular weight is 285 g/mol. The first-order valence-corrected chi connectivity index (χ1v) is 7.57. The van der Waals surface area contributed by atoms with Crippen molar-refractivity contribution in [2.24, 2.45) is 0 Å². The molecule has 0 aromatic heterocycles. The van der Waals surface area contributed by atoms with Crippen LogP contribution in [0.5, 0.6) is 0 Å². The van der Waals surface area contributed by atoms with E-state index in [2.05, 4.69) is 50.4 Å². The molecule has 1 nitrogen and oxygen atoms in total. The summed E-state index contributed by atoms with van der Waals surface area (Å²) in [5, 5.41) is 3.57. The molecule has 0 aliphatic heterocycles. The number of likely N-dealkylation sites (N-methyl/N-ethyl adjacent to an activating group) is 1. The molecular weight excluding hydrogens is 261 g/mol. The summed E-state index contributed by atoms with van der Waals surface area (Å²) < 4.78 is 13.4. The zero-order valence-corrected chi connectivity index (χ0v) is 13.1. The predicted octanol–water partition coefficient (Wildman–Crippen LogP) is 4.32. The molecule has 0 fully saturated rings. The summed E-state index contributed by atoms with van der Waals surface area (Å²) in [6.07, 6.45) is 0.813. The quantitative estimate of drug-likeness (QED) is 0.833. The van der Waals surface area contributed by atoms with Gasteiger partial charge in [0.05, 0.1) is 0 Å². The lowest BCUT2D eigenvalue weighted by Gasteiger charge is -2.36. The largest absolute Gasteiger partial charge is 0.313 e. The molecule has 2 aromatic rings. The molecule has 0 bridgehead atoms. The predicted molar refractivity (Wildman–Crippen MR) is 87.0 cm³/mol. The molecule has 21 heavy (non-hydrogen) atoms. The second kappa shape index (κ2) is 6.86. The van der Waals surface area contributed by atoms with E-state index in [-0.39, 0.29) is 17.3 Å². The molecule has 112 valence electrons. The van der Waals surface area contributed by atoms with E-state index in [9.17, 15) is 4.39 Å². The van der Waals surface area contributed by atoms with Gasteiger partial charge in [-0.25, -0.2) is 4.39 Å². The van der Waals surface area contributed by atoms with Crippen LogP contribution < -0.4 is 5.32 Å². The summed E-state index contributed by atoms with van der Waals surface area (Å²) in [5.74, 6) is -0.166. The lowest BCUT2D eigenvalue weighted by atomic mass is 9.75. The fourth-order valence-corrected chi connectivity index (χ4v) is 2.80. The topological polar surface area (TPSA) is 12.0 Å². The molecule has 0 spiro atoms. The van der Waals surface area contributed by atoms with E-state index >= 15 is 0 Å². The van der Waals surface area contributed by atoms with Crippen LogP contribution in [0.3, 0.4) is 0 Å². The highest BCUT2D eigenvalue weighted by molar-refractivity contribution is 5.28. The van der Waals surface area contributed by atoms with E-state index in [1.165, 1.54) is 11.6 Å². The fraction of sp³-hybridized carbons (Fsp3) is 0.368. The van der Waals surface area contributed by atoms with E-state index in [1.807, 2.05) is 12.1 Å². The molecule has 1 atom stereocenters. The Kier molecular flexibility index (Phi) is 5.13. The molecule has 0 heterocycles. The molecule has 0 aliphatic rings. The van der Waals surface area contributed by atoms with Crippen LogP contribution in [-0.4, -0.2) is 12.6 Å². The van der Waals surface area contributed by atoms with Crippen LogP contribution in [0.1, 0.15) is 31.9 Å². The number of nitrogens with one attached hydrogen (secondary N) is 1. The van der Waals surface area contributed by atoms with Crippen molar-refractivity contribution in [1.29, 1.82) is 0 Å². The van der Waals surface area contributed by atoms with E-state index < -0.39 is 0 Å². The highest BCUT2D eigenvalue weighted by Gasteiger charge is 2.30. The Hall–Kier alpha value is -1.67. The number of benzene rings is 2. The SMILES string of the molecule is CCNC(Cc1cccc(F)c1)C(C)(C)c1ccccc1. The lowest BCUT2D eigenvalue weighted by molar-refractivity contribution is 0.342. The monoisotopic (exact) mass is 285 g/mol. The van der Waals surface area contributed by atoms with Gasteiger partial charge in [0.25, 0.3) is 0 Å². The molecule has 1 unspecified atom stereocenters. The van der Waals surface area contributed by atoms with Crippen LogP contribution in [0.4, 0.5) is 4.39 Å². The Bertz CT molecular complexity index is 563. The average Bonchev–Trinajstić information content (AvgIpc) is 2.48. The van der Waals surface area contributed by atoms with Crippen LogP contribution in [0, 0.1) is 5.82 Å². The van der Waals surface area contributed by atoms with Gasteiger partial charge in [0.2, 0.25) is 0 Å². The van der Waals surface area contributed by atoms with Crippen molar-refractivity contribution in [3.05, 3.63) is 71.5 Å². The van der Waals surface area contributed by atoms with Gasteiger partial charge in [-0.3, -0.25) is 0 Å². The van der Waals surface area contributed by atoms with Crippen LogP contribution in [-0.2, 0) is 11.8 Å². The number of halogens is 1. The summed E-state index contributed by atoms with van der Waals surface area (Å²) in [7, 11) is 0. The molecule has 0 aliphatic carbocycles. The zero-order chi connectivity index (χ0) is 15.3. The van der Waals surface area contributed by atoms with Gasteiger partial charge in [-0.1, -0.05) is 63.2 Å². The van der Waals surface area contributed by atoms with E-state index in [1.54, 1.807) is 12.1 Å². The molecule has 0 radical (unpaired) electrons. The third kappa shape index (κ3) is 3.92.